The first-order valence-electron chi connectivity index (χ1n) is 6.27. The van der Waals surface area contributed by atoms with Crippen LogP contribution in [-0.4, -0.2) is 38.8 Å². The lowest BCUT2D eigenvalue weighted by Gasteiger charge is -2.12. The minimum atomic E-state index is -1.04. The topological polar surface area (TPSA) is 120 Å². The summed E-state index contributed by atoms with van der Waals surface area (Å²) in [5, 5.41) is 22.9. The van der Waals surface area contributed by atoms with Gasteiger partial charge in [-0.15, -0.1) is 11.3 Å². The van der Waals surface area contributed by atoms with Gasteiger partial charge in [-0.25, -0.2) is 14.6 Å². The molecule has 2 aromatic rings. The zero-order valence-electron chi connectivity index (χ0n) is 11.3. The fraction of sp³-hybridized carbons (Fsp3) is 0.333. The summed E-state index contributed by atoms with van der Waals surface area (Å²) >= 11 is 1.27. The van der Waals surface area contributed by atoms with Gasteiger partial charge in [-0.05, 0) is 6.92 Å². The van der Waals surface area contributed by atoms with Crippen molar-refractivity contribution >= 4 is 23.3 Å². The highest BCUT2D eigenvalue weighted by Gasteiger charge is 2.11. The molecule has 4 N–H and O–H groups in total. The molecule has 0 aliphatic rings. The minimum Gasteiger partial charge on any atom is -0.476 e. The number of nitrogens with one attached hydrogen (secondary N) is 3. The lowest BCUT2D eigenvalue weighted by atomic mass is 10.2. The number of carbonyl (C=O) groups is 2. The van der Waals surface area contributed by atoms with Crippen molar-refractivity contribution in [3.05, 3.63) is 34.0 Å². The number of H-pyrrole nitrogens is 1. The standard InChI is InChI=1S/C12H15N5O3S/c1-7(8-4-14-15-5-8)16-12(20)13-3-2-10-17-9(6-21-10)11(18)19/h4-7H,2-3H2,1H3,(H,14,15)(H,18,19)(H2,13,16,20). The van der Waals surface area contributed by atoms with Gasteiger partial charge < -0.3 is 15.7 Å². The number of aromatic carboxylic acids is 1. The number of aromatic amines is 1. The molecule has 0 radical (unpaired) electrons. The highest BCUT2D eigenvalue weighted by Crippen LogP contribution is 2.10. The fourth-order valence-electron chi connectivity index (χ4n) is 1.64. The van der Waals surface area contributed by atoms with Crippen LogP contribution in [0.3, 0.4) is 0 Å². The summed E-state index contributed by atoms with van der Waals surface area (Å²) in [7, 11) is 0. The van der Waals surface area contributed by atoms with Gasteiger partial charge in [-0.1, -0.05) is 0 Å². The van der Waals surface area contributed by atoms with Crippen LogP contribution in [-0.2, 0) is 6.42 Å². The van der Waals surface area contributed by atoms with Gasteiger partial charge in [0.2, 0.25) is 0 Å². The van der Waals surface area contributed by atoms with Crippen LogP contribution in [0.15, 0.2) is 17.8 Å². The molecule has 0 saturated heterocycles. The van der Waals surface area contributed by atoms with E-state index in [9.17, 15) is 9.59 Å². The second kappa shape index (κ2) is 6.84. The van der Waals surface area contributed by atoms with Crippen molar-refractivity contribution in [3.63, 3.8) is 0 Å². The third-order valence-electron chi connectivity index (χ3n) is 2.76. The molecular formula is C12H15N5O3S. The van der Waals surface area contributed by atoms with Crippen LogP contribution in [0, 0.1) is 0 Å². The number of hydrogen-bond acceptors (Lipinski definition) is 5. The van der Waals surface area contributed by atoms with Gasteiger partial charge in [-0.3, -0.25) is 5.10 Å². The molecule has 1 unspecified atom stereocenters. The molecule has 8 nitrogen and oxygen atoms in total. The van der Waals surface area contributed by atoms with Gasteiger partial charge >= 0.3 is 12.0 Å². The molecule has 0 aliphatic heterocycles. The van der Waals surface area contributed by atoms with Crippen LogP contribution < -0.4 is 10.6 Å². The Kier molecular flexibility index (Phi) is 4.88. The molecule has 1 atom stereocenters. The molecular weight excluding hydrogens is 294 g/mol. The molecule has 112 valence electrons. The van der Waals surface area contributed by atoms with Crippen LogP contribution in [0.25, 0.3) is 0 Å². The highest BCUT2D eigenvalue weighted by atomic mass is 32.1. The van der Waals surface area contributed by atoms with E-state index in [2.05, 4.69) is 25.8 Å². The second-order valence-electron chi connectivity index (χ2n) is 4.34. The smallest absolute Gasteiger partial charge is 0.355 e. The number of hydrogen-bond donors (Lipinski definition) is 4. The number of thiazole rings is 1. The van der Waals surface area contributed by atoms with E-state index in [-0.39, 0.29) is 17.8 Å². The lowest BCUT2D eigenvalue weighted by Crippen LogP contribution is -2.37. The predicted molar refractivity (Wildman–Crippen MR) is 76.3 cm³/mol. The number of amides is 2. The molecule has 0 bridgehead atoms. The molecule has 9 heteroatoms. The molecule has 2 aromatic heterocycles. The lowest BCUT2D eigenvalue weighted by molar-refractivity contribution is 0.0691. The molecule has 2 rings (SSSR count). The van der Waals surface area contributed by atoms with Crippen molar-refractivity contribution in [1.82, 2.24) is 25.8 Å². The Morgan fingerprint density at radius 1 is 1.52 bits per heavy atom. The first-order valence-corrected chi connectivity index (χ1v) is 7.15. The average molecular weight is 309 g/mol. The van der Waals surface area contributed by atoms with Gasteiger partial charge in [0.05, 0.1) is 17.2 Å². The van der Waals surface area contributed by atoms with Gasteiger partial charge in [0.15, 0.2) is 5.69 Å². The van der Waals surface area contributed by atoms with Gasteiger partial charge in [-0.2, -0.15) is 5.10 Å². The quantitative estimate of drug-likeness (QED) is 0.638. The summed E-state index contributed by atoms with van der Waals surface area (Å²) in [6, 6.07) is -0.444. The third kappa shape index (κ3) is 4.28. The van der Waals surface area contributed by atoms with E-state index in [0.717, 1.165) is 5.56 Å². The van der Waals surface area contributed by atoms with Crippen LogP contribution in [0.2, 0.25) is 0 Å². The van der Waals surface area contributed by atoms with Gasteiger partial charge in [0, 0.05) is 30.1 Å². The summed E-state index contributed by atoms with van der Waals surface area (Å²) in [5.74, 6) is -1.04. The van der Waals surface area contributed by atoms with E-state index >= 15 is 0 Å². The Morgan fingerprint density at radius 2 is 2.33 bits per heavy atom. The second-order valence-corrected chi connectivity index (χ2v) is 5.28. The van der Waals surface area contributed by atoms with Crippen LogP contribution in [0.5, 0.6) is 0 Å². The Bertz CT molecular complexity index is 610. The fourth-order valence-corrected chi connectivity index (χ4v) is 2.41. The SMILES string of the molecule is CC(NC(=O)NCCc1nc(C(=O)O)cs1)c1cn[nH]c1. The molecule has 0 spiro atoms. The molecule has 0 fully saturated rings. The van der Waals surface area contributed by atoms with E-state index in [1.54, 1.807) is 12.4 Å². The summed E-state index contributed by atoms with van der Waals surface area (Å²) < 4.78 is 0. The summed E-state index contributed by atoms with van der Waals surface area (Å²) in [4.78, 5) is 26.3. The molecule has 21 heavy (non-hydrogen) atoms. The summed E-state index contributed by atoms with van der Waals surface area (Å²) in [5.41, 5.74) is 0.921. The van der Waals surface area contributed by atoms with E-state index in [4.69, 9.17) is 5.11 Å². The number of carboxylic acids is 1. The summed E-state index contributed by atoms with van der Waals surface area (Å²) in [6.45, 7) is 2.24. The number of rotatable bonds is 6. The molecule has 2 heterocycles. The average Bonchev–Trinajstić information content (AvgIpc) is 3.10. The van der Waals surface area contributed by atoms with Crippen LogP contribution in [0.1, 0.15) is 34.0 Å². The highest BCUT2D eigenvalue weighted by molar-refractivity contribution is 7.09. The minimum absolute atomic E-state index is 0.0352. The van der Waals surface area contributed by atoms with Crippen molar-refractivity contribution < 1.29 is 14.7 Å². The number of aromatic nitrogens is 3. The van der Waals surface area contributed by atoms with Crippen molar-refractivity contribution in [2.45, 2.75) is 19.4 Å². The largest absolute Gasteiger partial charge is 0.476 e. The molecule has 2 amide bonds. The Labute approximate surface area is 124 Å². The zero-order chi connectivity index (χ0) is 15.2. The molecule has 0 aliphatic carbocycles. The Hall–Kier alpha value is -2.42. The van der Waals surface area contributed by atoms with E-state index in [1.807, 2.05) is 6.92 Å². The van der Waals surface area contributed by atoms with E-state index < -0.39 is 5.97 Å². The Balaban J connectivity index is 1.72. The molecule has 0 aromatic carbocycles. The Morgan fingerprint density at radius 3 is 2.95 bits per heavy atom. The first-order chi connectivity index (χ1) is 10.1. The zero-order valence-corrected chi connectivity index (χ0v) is 12.1. The summed E-state index contributed by atoms with van der Waals surface area (Å²) in [6.07, 6.45) is 3.85. The number of nitrogens with zero attached hydrogens (tertiary/aromatic N) is 2. The van der Waals surface area contributed by atoms with Crippen molar-refractivity contribution in [2.24, 2.45) is 0 Å². The first kappa shape index (κ1) is 15.0. The maximum Gasteiger partial charge on any atom is 0.355 e. The van der Waals surface area contributed by atoms with E-state index in [1.165, 1.54) is 16.7 Å². The van der Waals surface area contributed by atoms with Crippen molar-refractivity contribution in [1.29, 1.82) is 0 Å². The normalized spacial score (nSPS) is 11.9. The maximum atomic E-state index is 11.7. The molecule has 0 saturated carbocycles. The van der Waals surface area contributed by atoms with Crippen molar-refractivity contribution in [2.75, 3.05) is 6.54 Å². The van der Waals surface area contributed by atoms with Crippen LogP contribution >= 0.6 is 11.3 Å². The van der Waals surface area contributed by atoms with Crippen molar-refractivity contribution in [3.8, 4) is 0 Å². The van der Waals surface area contributed by atoms with Gasteiger partial charge in [0.1, 0.15) is 0 Å². The van der Waals surface area contributed by atoms with Crippen LogP contribution in [0.4, 0.5) is 4.79 Å². The number of carboxylic acid groups (broad SMARTS) is 1. The monoisotopic (exact) mass is 309 g/mol. The van der Waals surface area contributed by atoms with E-state index in [0.29, 0.717) is 18.0 Å². The van der Waals surface area contributed by atoms with Gasteiger partial charge in [0.25, 0.3) is 0 Å². The maximum absolute atomic E-state index is 11.7. The third-order valence-corrected chi connectivity index (χ3v) is 3.67. The number of urea groups is 1. The predicted octanol–water partition coefficient (Wildman–Crippen LogP) is 1.17. The number of carbonyl (C=O) groups excluding carboxylic acids is 1.